The van der Waals surface area contributed by atoms with Gasteiger partial charge in [-0.3, -0.25) is 0 Å². The van der Waals surface area contributed by atoms with Gasteiger partial charge in [-0.1, -0.05) is 0 Å². The Bertz CT molecular complexity index is 402. The summed E-state index contributed by atoms with van der Waals surface area (Å²) in [7, 11) is 2.07. The predicted molar refractivity (Wildman–Crippen MR) is 77.5 cm³/mol. The SMILES string of the molecule is CC(C)Nc1cc(N(C)C2CCC(O)CC2)ncn1. The van der Waals surface area contributed by atoms with E-state index in [1.165, 1.54) is 0 Å². The highest BCUT2D eigenvalue weighted by molar-refractivity contribution is 5.48. The molecule has 0 atom stereocenters. The fourth-order valence-corrected chi connectivity index (χ4v) is 2.55. The number of rotatable bonds is 4. The van der Waals surface area contributed by atoms with E-state index in [9.17, 15) is 5.11 Å². The van der Waals surface area contributed by atoms with Crippen molar-refractivity contribution in [3.8, 4) is 0 Å². The summed E-state index contributed by atoms with van der Waals surface area (Å²) in [6.07, 6.45) is 5.31. The van der Waals surface area contributed by atoms with E-state index in [4.69, 9.17) is 0 Å². The summed E-state index contributed by atoms with van der Waals surface area (Å²) < 4.78 is 0. The molecule has 2 rings (SSSR count). The lowest BCUT2D eigenvalue weighted by molar-refractivity contribution is 0.122. The largest absolute Gasteiger partial charge is 0.393 e. The van der Waals surface area contributed by atoms with Gasteiger partial charge < -0.3 is 15.3 Å². The molecule has 1 fully saturated rings. The molecule has 0 spiro atoms. The first kappa shape index (κ1) is 14.1. The van der Waals surface area contributed by atoms with E-state index >= 15 is 0 Å². The average Bonchev–Trinajstić information content (AvgIpc) is 2.38. The van der Waals surface area contributed by atoms with Crippen molar-refractivity contribution in [1.82, 2.24) is 9.97 Å². The molecule has 5 heteroatoms. The number of aliphatic hydroxyl groups is 1. The van der Waals surface area contributed by atoms with Crippen LogP contribution < -0.4 is 10.2 Å². The van der Waals surface area contributed by atoms with Crippen LogP contribution in [0.3, 0.4) is 0 Å². The van der Waals surface area contributed by atoms with Crippen molar-refractivity contribution >= 4 is 11.6 Å². The Balaban J connectivity index is 2.04. The van der Waals surface area contributed by atoms with Crippen LogP contribution >= 0.6 is 0 Å². The summed E-state index contributed by atoms with van der Waals surface area (Å²) in [5.74, 6) is 1.81. The second-order valence-electron chi connectivity index (χ2n) is 5.63. The average molecular weight is 264 g/mol. The van der Waals surface area contributed by atoms with Crippen LogP contribution in [0.1, 0.15) is 39.5 Å². The Labute approximate surface area is 115 Å². The third kappa shape index (κ3) is 3.80. The van der Waals surface area contributed by atoms with Gasteiger partial charge in [-0.15, -0.1) is 0 Å². The number of nitrogens with one attached hydrogen (secondary N) is 1. The van der Waals surface area contributed by atoms with E-state index in [0.29, 0.717) is 12.1 Å². The molecule has 0 radical (unpaired) electrons. The topological polar surface area (TPSA) is 61.3 Å². The monoisotopic (exact) mass is 264 g/mol. The summed E-state index contributed by atoms with van der Waals surface area (Å²) in [6, 6.07) is 2.81. The summed E-state index contributed by atoms with van der Waals surface area (Å²) in [5, 5.41) is 12.9. The van der Waals surface area contributed by atoms with E-state index in [0.717, 1.165) is 37.3 Å². The van der Waals surface area contributed by atoms with Gasteiger partial charge >= 0.3 is 0 Å². The van der Waals surface area contributed by atoms with Crippen LogP contribution in [-0.4, -0.2) is 40.3 Å². The molecule has 0 amide bonds. The van der Waals surface area contributed by atoms with Crippen molar-refractivity contribution in [2.24, 2.45) is 0 Å². The van der Waals surface area contributed by atoms with Crippen molar-refractivity contribution in [1.29, 1.82) is 0 Å². The van der Waals surface area contributed by atoms with Gasteiger partial charge in [-0.25, -0.2) is 9.97 Å². The fourth-order valence-electron chi connectivity index (χ4n) is 2.55. The molecule has 0 bridgehead atoms. The van der Waals surface area contributed by atoms with Gasteiger partial charge in [0.25, 0.3) is 0 Å². The summed E-state index contributed by atoms with van der Waals surface area (Å²) >= 11 is 0. The summed E-state index contributed by atoms with van der Waals surface area (Å²) in [4.78, 5) is 10.8. The van der Waals surface area contributed by atoms with Crippen LogP contribution in [0, 0.1) is 0 Å². The number of aliphatic hydroxyl groups excluding tert-OH is 1. The molecular formula is C14H24N4O. The lowest BCUT2D eigenvalue weighted by atomic mass is 9.92. The normalized spacial score (nSPS) is 23.4. The zero-order chi connectivity index (χ0) is 13.8. The van der Waals surface area contributed by atoms with Crippen LogP contribution in [0.5, 0.6) is 0 Å². The van der Waals surface area contributed by atoms with Crippen molar-refractivity contribution in [3.63, 3.8) is 0 Å². The minimum atomic E-state index is -0.117. The van der Waals surface area contributed by atoms with Gasteiger partial charge in [0.05, 0.1) is 6.10 Å². The van der Waals surface area contributed by atoms with Gasteiger partial charge in [0.2, 0.25) is 0 Å². The Morgan fingerprint density at radius 3 is 2.58 bits per heavy atom. The van der Waals surface area contributed by atoms with E-state index in [1.54, 1.807) is 6.33 Å². The summed E-state index contributed by atoms with van der Waals surface area (Å²) in [6.45, 7) is 4.18. The second kappa shape index (κ2) is 6.19. The van der Waals surface area contributed by atoms with E-state index in [-0.39, 0.29) is 6.10 Å². The first-order valence-corrected chi connectivity index (χ1v) is 7.05. The molecule has 1 aromatic rings. The lowest BCUT2D eigenvalue weighted by Gasteiger charge is -2.33. The quantitative estimate of drug-likeness (QED) is 0.871. The predicted octanol–water partition coefficient (Wildman–Crippen LogP) is 2.04. The van der Waals surface area contributed by atoms with Gasteiger partial charge in [0.1, 0.15) is 18.0 Å². The smallest absolute Gasteiger partial charge is 0.134 e. The van der Waals surface area contributed by atoms with Gasteiger partial charge in [-0.05, 0) is 39.5 Å². The Morgan fingerprint density at radius 2 is 1.95 bits per heavy atom. The molecule has 0 aliphatic heterocycles. The zero-order valence-electron chi connectivity index (χ0n) is 12.0. The second-order valence-corrected chi connectivity index (χ2v) is 5.63. The molecule has 1 aliphatic carbocycles. The van der Waals surface area contributed by atoms with Crippen LogP contribution in [-0.2, 0) is 0 Å². The third-order valence-electron chi connectivity index (χ3n) is 3.66. The number of aromatic nitrogens is 2. The van der Waals surface area contributed by atoms with Gasteiger partial charge in [0.15, 0.2) is 0 Å². The molecule has 1 aromatic heterocycles. The zero-order valence-corrected chi connectivity index (χ0v) is 12.0. The van der Waals surface area contributed by atoms with Crippen LogP contribution in [0.4, 0.5) is 11.6 Å². The first-order valence-electron chi connectivity index (χ1n) is 7.05. The highest BCUT2D eigenvalue weighted by Crippen LogP contribution is 2.26. The van der Waals surface area contributed by atoms with Crippen LogP contribution in [0.15, 0.2) is 12.4 Å². The van der Waals surface area contributed by atoms with E-state index in [1.807, 2.05) is 6.07 Å². The van der Waals surface area contributed by atoms with E-state index < -0.39 is 0 Å². The maximum atomic E-state index is 9.57. The molecule has 5 nitrogen and oxygen atoms in total. The highest BCUT2D eigenvalue weighted by Gasteiger charge is 2.23. The number of hydrogen-bond donors (Lipinski definition) is 2. The minimum absolute atomic E-state index is 0.117. The molecule has 0 unspecified atom stereocenters. The molecule has 1 saturated carbocycles. The Kier molecular flexibility index (Phi) is 4.58. The maximum Gasteiger partial charge on any atom is 0.134 e. The summed E-state index contributed by atoms with van der Waals surface area (Å²) in [5.41, 5.74) is 0. The molecule has 0 aromatic carbocycles. The number of nitrogens with zero attached hydrogens (tertiary/aromatic N) is 3. The van der Waals surface area contributed by atoms with Crippen molar-refractivity contribution < 1.29 is 5.11 Å². The van der Waals surface area contributed by atoms with Crippen molar-refractivity contribution in [2.45, 2.75) is 57.7 Å². The number of anilines is 2. The van der Waals surface area contributed by atoms with Gasteiger partial charge in [-0.2, -0.15) is 0 Å². The molecule has 106 valence electrons. The standard InChI is InChI=1S/C14H24N4O/c1-10(2)17-13-8-14(16-9-15-13)18(3)11-4-6-12(19)7-5-11/h8-12,19H,4-7H2,1-3H3,(H,15,16,17). The van der Waals surface area contributed by atoms with E-state index in [2.05, 4.69) is 41.1 Å². The Morgan fingerprint density at radius 1 is 1.26 bits per heavy atom. The van der Waals surface area contributed by atoms with Crippen LogP contribution in [0.25, 0.3) is 0 Å². The maximum absolute atomic E-state index is 9.57. The van der Waals surface area contributed by atoms with Gasteiger partial charge in [0, 0.05) is 25.2 Å². The minimum Gasteiger partial charge on any atom is -0.393 e. The molecule has 1 aliphatic rings. The van der Waals surface area contributed by atoms with Crippen LogP contribution in [0.2, 0.25) is 0 Å². The molecule has 19 heavy (non-hydrogen) atoms. The molecule has 0 saturated heterocycles. The van der Waals surface area contributed by atoms with Crippen molar-refractivity contribution in [2.75, 3.05) is 17.3 Å². The fraction of sp³-hybridized carbons (Fsp3) is 0.714. The Hall–Kier alpha value is -1.36. The highest BCUT2D eigenvalue weighted by atomic mass is 16.3. The first-order chi connectivity index (χ1) is 9.06. The molecular weight excluding hydrogens is 240 g/mol. The van der Waals surface area contributed by atoms with Crippen molar-refractivity contribution in [3.05, 3.63) is 12.4 Å². The molecule has 2 N–H and O–H groups in total. The molecule has 1 heterocycles. The third-order valence-corrected chi connectivity index (χ3v) is 3.66. The lowest BCUT2D eigenvalue weighted by Crippen LogP contribution is -2.36. The number of hydrogen-bond acceptors (Lipinski definition) is 5.